The summed E-state index contributed by atoms with van der Waals surface area (Å²) >= 11 is 1.66. The van der Waals surface area contributed by atoms with Gasteiger partial charge in [-0.3, -0.25) is 4.79 Å². The number of nitrogens with one attached hydrogen (secondary N) is 2. The van der Waals surface area contributed by atoms with Gasteiger partial charge in [0.15, 0.2) is 0 Å². The highest BCUT2D eigenvalue weighted by atomic mass is 32.2. The van der Waals surface area contributed by atoms with Gasteiger partial charge in [-0.15, -0.1) is 11.8 Å². The van der Waals surface area contributed by atoms with Gasteiger partial charge < -0.3 is 15.4 Å². The molecule has 1 aliphatic heterocycles. The molecule has 1 aliphatic rings. The Morgan fingerprint density at radius 1 is 1.50 bits per heavy atom. The van der Waals surface area contributed by atoms with Crippen LogP contribution >= 0.6 is 11.8 Å². The van der Waals surface area contributed by atoms with E-state index in [1.165, 1.54) is 0 Å². The Balaban J connectivity index is 2.28. The molecule has 0 aliphatic carbocycles. The minimum Gasteiger partial charge on any atom is -0.378 e. The van der Waals surface area contributed by atoms with Crippen LogP contribution in [0.4, 0.5) is 0 Å². The predicted molar refractivity (Wildman–Crippen MR) is 67.8 cm³/mol. The lowest BCUT2D eigenvalue weighted by Crippen LogP contribution is -2.44. The zero-order valence-electron chi connectivity index (χ0n) is 10.5. The Morgan fingerprint density at radius 3 is 2.75 bits per heavy atom. The molecule has 2 atom stereocenters. The quantitative estimate of drug-likeness (QED) is 0.763. The highest BCUT2D eigenvalue weighted by molar-refractivity contribution is 8.01. The van der Waals surface area contributed by atoms with Gasteiger partial charge in [-0.2, -0.15) is 0 Å². The van der Waals surface area contributed by atoms with E-state index in [4.69, 9.17) is 4.74 Å². The summed E-state index contributed by atoms with van der Waals surface area (Å²) in [5.74, 6) is 0.604. The largest absolute Gasteiger partial charge is 0.378 e. The van der Waals surface area contributed by atoms with Gasteiger partial charge in [0.05, 0.1) is 17.9 Å². The van der Waals surface area contributed by atoms with Crippen molar-refractivity contribution in [1.82, 2.24) is 10.6 Å². The molecule has 94 valence electrons. The molecule has 1 unspecified atom stereocenters. The van der Waals surface area contributed by atoms with Gasteiger partial charge in [-0.05, 0) is 0 Å². The number of methoxy groups -OCH3 is 1. The highest BCUT2D eigenvalue weighted by Gasteiger charge is 2.28. The molecule has 0 aromatic heterocycles. The van der Waals surface area contributed by atoms with E-state index in [-0.39, 0.29) is 22.8 Å². The van der Waals surface area contributed by atoms with Crippen LogP contribution in [0, 0.1) is 0 Å². The lowest BCUT2D eigenvalue weighted by atomic mass is 10.2. The van der Waals surface area contributed by atoms with E-state index >= 15 is 0 Å². The Hall–Kier alpha value is -0.260. The van der Waals surface area contributed by atoms with E-state index < -0.39 is 0 Å². The molecule has 4 nitrogen and oxygen atoms in total. The van der Waals surface area contributed by atoms with Crippen LogP contribution in [0.5, 0.6) is 0 Å². The molecular formula is C11H22N2O2S. The van der Waals surface area contributed by atoms with Crippen molar-refractivity contribution in [3.8, 4) is 0 Å². The van der Waals surface area contributed by atoms with Gasteiger partial charge in [0.25, 0.3) is 0 Å². The zero-order chi connectivity index (χ0) is 12.2. The predicted octanol–water partition coefficient (Wildman–Crippen LogP) is 0.621. The molecule has 1 saturated heterocycles. The number of carbonyl (C=O) groups is 1. The first-order chi connectivity index (χ1) is 7.42. The average molecular weight is 246 g/mol. The fraction of sp³-hybridized carbons (Fsp3) is 0.909. The maximum absolute atomic E-state index is 11.7. The van der Waals surface area contributed by atoms with E-state index in [1.54, 1.807) is 18.9 Å². The number of thioether (sulfide) groups is 1. The SMILES string of the molecule is CO[C@H]1CNCC1NC(=O)CSC(C)(C)C. The van der Waals surface area contributed by atoms with Crippen LogP contribution < -0.4 is 10.6 Å². The molecular weight excluding hydrogens is 224 g/mol. The molecule has 0 radical (unpaired) electrons. The van der Waals surface area contributed by atoms with Crippen LogP contribution in [0.1, 0.15) is 20.8 Å². The highest BCUT2D eigenvalue weighted by Crippen LogP contribution is 2.22. The second-order valence-corrected chi connectivity index (χ2v) is 6.81. The van der Waals surface area contributed by atoms with Crippen molar-refractivity contribution in [2.75, 3.05) is 26.0 Å². The number of carbonyl (C=O) groups excluding carboxylic acids is 1. The Labute approximate surface area is 102 Å². The smallest absolute Gasteiger partial charge is 0.230 e. The van der Waals surface area contributed by atoms with E-state index in [0.29, 0.717) is 5.75 Å². The topological polar surface area (TPSA) is 50.4 Å². The van der Waals surface area contributed by atoms with Crippen LogP contribution in [-0.4, -0.2) is 48.8 Å². The molecule has 16 heavy (non-hydrogen) atoms. The molecule has 0 bridgehead atoms. The van der Waals surface area contributed by atoms with Gasteiger partial charge in [-0.25, -0.2) is 0 Å². The number of rotatable bonds is 4. The lowest BCUT2D eigenvalue weighted by molar-refractivity contribution is -0.119. The van der Waals surface area contributed by atoms with Crippen LogP contribution in [0.2, 0.25) is 0 Å². The van der Waals surface area contributed by atoms with Gasteiger partial charge >= 0.3 is 0 Å². The molecule has 1 amide bonds. The standard InChI is InChI=1S/C11H22N2O2S/c1-11(2,3)16-7-10(14)13-8-5-12-6-9(8)15-4/h8-9,12H,5-7H2,1-4H3,(H,13,14)/t8?,9-/m0/s1. The zero-order valence-corrected chi connectivity index (χ0v) is 11.3. The normalized spacial score (nSPS) is 25.8. The van der Waals surface area contributed by atoms with Gasteiger partial charge in [-0.1, -0.05) is 20.8 Å². The summed E-state index contributed by atoms with van der Waals surface area (Å²) in [4.78, 5) is 11.7. The first-order valence-electron chi connectivity index (χ1n) is 5.59. The van der Waals surface area contributed by atoms with Gasteiger partial charge in [0, 0.05) is 24.9 Å². The molecule has 2 N–H and O–H groups in total. The summed E-state index contributed by atoms with van der Waals surface area (Å²) in [7, 11) is 1.68. The Morgan fingerprint density at radius 2 is 2.19 bits per heavy atom. The fourth-order valence-corrected chi connectivity index (χ4v) is 2.22. The van der Waals surface area contributed by atoms with Crippen LogP contribution in [-0.2, 0) is 9.53 Å². The maximum atomic E-state index is 11.7. The van der Waals surface area contributed by atoms with Crippen LogP contribution in [0.15, 0.2) is 0 Å². The van der Waals surface area contributed by atoms with E-state index in [9.17, 15) is 4.79 Å². The summed E-state index contributed by atoms with van der Waals surface area (Å²) in [6, 6.07) is 0.109. The van der Waals surface area contributed by atoms with Crippen LogP contribution in [0.3, 0.4) is 0 Å². The van der Waals surface area contributed by atoms with Crippen molar-refractivity contribution >= 4 is 17.7 Å². The monoisotopic (exact) mass is 246 g/mol. The summed E-state index contributed by atoms with van der Waals surface area (Å²) in [5, 5.41) is 6.21. The first kappa shape index (κ1) is 13.8. The summed E-state index contributed by atoms with van der Waals surface area (Å²) < 4.78 is 5.42. The van der Waals surface area contributed by atoms with Crippen molar-refractivity contribution in [3.05, 3.63) is 0 Å². The molecule has 0 aromatic carbocycles. The van der Waals surface area contributed by atoms with Crippen molar-refractivity contribution < 1.29 is 9.53 Å². The van der Waals surface area contributed by atoms with Crippen molar-refractivity contribution in [2.45, 2.75) is 37.7 Å². The third kappa shape index (κ3) is 4.72. The third-order valence-corrected chi connectivity index (χ3v) is 3.72. The maximum Gasteiger partial charge on any atom is 0.230 e. The lowest BCUT2D eigenvalue weighted by Gasteiger charge is -2.21. The molecule has 0 aromatic rings. The third-order valence-electron chi connectivity index (χ3n) is 2.44. The van der Waals surface area contributed by atoms with Gasteiger partial charge in [0.1, 0.15) is 0 Å². The molecule has 1 rings (SSSR count). The molecule has 0 spiro atoms. The van der Waals surface area contributed by atoms with E-state index in [0.717, 1.165) is 13.1 Å². The summed E-state index contributed by atoms with van der Waals surface area (Å²) in [6.45, 7) is 7.94. The summed E-state index contributed by atoms with van der Waals surface area (Å²) in [6.07, 6.45) is 0.101. The second kappa shape index (κ2) is 5.89. The molecule has 0 saturated carbocycles. The number of hydrogen-bond donors (Lipinski definition) is 2. The van der Waals surface area contributed by atoms with Gasteiger partial charge in [0.2, 0.25) is 5.91 Å². The molecule has 1 fully saturated rings. The molecule has 1 heterocycles. The first-order valence-corrected chi connectivity index (χ1v) is 6.58. The minimum absolute atomic E-state index is 0.0932. The Kier molecular flexibility index (Phi) is 5.08. The van der Waals surface area contributed by atoms with Crippen molar-refractivity contribution in [3.63, 3.8) is 0 Å². The summed E-state index contributed by atoms with van der Waals surface area (Å²) in [5.41, 5.74) is 0. The average Bonchev–Trinajstić information content (AvgIpc) is 2.61. The number of hydrogen-bond acceptors (Lipinski definition) is 4. The van der Waals surface area contributed by atoms with E-state index in [1.807, 2.05) is 0 Å². The molecule has 5 heteroatoms. The minimum atomic E-state index is 0.0932. The van der Waals surface area contributed by atoms with Crippen molar-refractivity contribution in [1.29, 1.82) is 0 Å². The number of amides is 1. The number of ether oxygens (including phenoxy) is 1. The second-order valence-electron chi connectivity index (χ2n) is 5.01. The van der Waals surface area contributed by atoms with E-state index in [2.05, 4.69) is 31.4 Å². The fourth-order valence-electron chi connectivity index (χ4n) is 1.58. The Bertz CT molecular complexity index is 241. The van der Waals surface area contributed by atoms with Crippen LogP contribution in [0.25, 0.3) is 0 Å². The van der Waals surface area contributed by atoms with Crippen molar-refractivity contribution in [2.24, 2.45) is 0 Å².